The molecule has 1 aliphatic heterocycles. The molecule has 0 saturated carbocycles. The Bertz CT molecular complexity index is 1000. The number of phenolic OH excluding ortho intramolecular Hbond substituents is 2. The van der Waals surface area contributed by atoms with E-state index in [2.05, 4.69) is 46.1 Å². The Balaban J connectivity index is 1.59. The molecule has 2 N–H and O–H groups in total. The molecule has 0 spiro atoms. The molecule has 0 bridgehead atoms. The van der Waals surface area contributed by atoms with Crippen LogP contribution in [-0.2, 0) is 6.54 Å². The minimum absolute atomic E-state index is 0.0241. The van der Waals surface area contributed by atoms with Gasteiger partial charge in [-0.3, -0.25) is 9.47 Å². The second-order valence-electron chi connectivity index (χ2n) is 8.45. The van der Waals surface area contributed by atoms with Crippen molar-refractivity contribution in [3.63, 3.8) is 0 Å². The highest BCUT2D eigenvalue weighted by molar-refractivity contribution is 5.69. The molecule has 1 saturated heterocycles. The maximum absolute atomic E-state index is 10.5. The van der Waals surface area contributed by atoms with Crippen LogP contribution < -0.4 is 0 Å². The predicted octanol–water partition coefficient (Wildman–Crippen LogP) is 3.82. The van der Waals surface area contributed by atoms with Crippen molar-refractivity contribution in [1.29, 1.82) is 0 Å². The SMILES string of the molecule is CC(C)c1cc(-c2nccn2-c2ccc(CN3CCN(C)CC3)cc2)c(O)cc1O. The van der Waals surface area contributed by atoms with Gasteiger partial charge in [0.2, 0.25) is 0 Å². The molecule has 158 valence electrons. The molecule has 0 unspecified atom stereocenters. The van der Waals surface area contributed by atoms with Crippen LogP contribution in [0.2, 0.25) is 0 Å². The molecule has 6 heteroatoms. The van der Waals surface area contributed by atoms with E-state index < -0.39 is 0 Å². The zero-order chi connectivity index (χ0) is 21.3. The van der Waals surface area contributed by atoms with Gasteiger partial charge in [0.15, 0.2) is 0 Å². The zero-order valence-electron chi connectivity index (χ0n) is 17.9. The fourth-order valence-electron chi connectivity index (χ4n) is 3.97. The maximum Gasteiger partial charge on any atom is 0.148 e. The van der Waals surface area contributed by atoms with Gasteiger partial charge < -0.3 is 15.1 Å². The summed E-state index contributed by atoms with van der Waals surface area (Å²) in [6.45, 7) is 9.42. The molecule has 1 fully saturated rings. The van der Waals surface area contributed by atoms with E-state index in [-0.39, 0.29) is 17.4 Å². The minimum atomic E-state index is 0.0241. The number of hydrogen-bond acceptors (Lipinski definition) is 5. The second kappa shape index (κ2) is 8.50. The van der Waals surface area contributed by atoms with E-state index in [0.29, 0.717) is 11.4 Å². The largest absolute Gasteiger partial charge is 0.508 e. The Kier molecular flexibility index (Phi) is 5.79. The zero-order valence-corrected chi connectivity index (χ0v) is 17.9. The first kappa shape index (κ1) is 20.4. The maximum atomic E-state index is 10.5. The average Bonchev–Trinajstić information content (AvgIpc) is 3.19. The first-order valence-electron chi connectivity index (χ1n) is 10.5. The molecular formula is C24H30N4O2. The molecule has 1 aromatic heterocycles. The molecule has 1 aliphatic rings. The molecule has 3 aromatic rings. The molecule has 2 heterocycles. The van der Waals surface area contributed by atoms with Gasteiger partial charge in [0.25, 0.3) is 0 Å². The van der Waals surface area contributed by atoms with Crippen LogP contribution in [-0.4, -0.2) is 62.8 Å². The summed E-state index contributed by atoms with van der Waals surface area (Å²) in [5.41, 5.74) is 3.69. The quantitative estimate of drug-likeness (QED) is 0.674. The van der Waals surface area contributed by atoms with E-state index in [0.717, 1.165) is 44.0 Å². The number of likely N-dealkylation sites (N-methyl/N-ethyl adjacent to an activating group) is 1. The van der Waals surface area contributed by atoms with Gasteiger partial charge in [-0.05, 0) is 42.3 Å². The van der Waals surface area contributed by atoms with Crippen LogP contribution in [0.5, 0.6) is 11.5 Å². The summed E-state index contributed by atoms with van der Waals surface area (Å²) in [6, 6.07) is 11.7. The molecule has 4 rings (SSSR count). The van der Waals surface area contributed by atoms with Crippen LogP contribution in [0.4, 0.5) is 0 Å². The van der Waals surface area contributed by atoms with E-state index in [1.807, 2.05) is 30.7 Å². The van der Waals surface area contributed by atoms with E-state index in [1.54, 1.807) is 6.20 Å². The van der Waals surface area contributed by atoms with Crippen LogP contribution in [0, 0.1) is 0 Å². The summed E-state index contributed by atoms with van der Waals surface area (Å²) in [5.74, 6) is 0.927. The number of piperazine rings is 1. The molecule has 6 nitrogen and oxygen atoms in total. The fourth-order valence-corrected chi connectivity index (χ4v) is 3.97. The van der Waals surface area contributed by atoms with Crippen molar-refractivity contribution in [2.45, 2.75) is 26.3 Å². The minimum Gasteiger partial charge on any atom is -0.508 e. The Morgan fingerprint density at radius 2 is 1.67 bits per heavy atom. The third kappa shape index (κ3) is 4.20. The number of phenols is 2. The van der Waals surface area contributed by atoms with Gasteiger partial charge in [0.1, 0.15) is 17.3 Å². The standard InChI is InChI=1S/C24H30N4O2/c1-17(2)20-14-21(23(30)15-22(20)29)24-25-8-9-28(24)19-6-4-18(5-7-19)16-27-12-10-26(3)11-13-27/h4-9,14-15,17,29-30H,10-13,16H2,1-3H3. The van der Waals surface area contributed by atoms with Gasteiger partial charge in [0, 0.05) is 56.9 Å². The summed E-state index contributed by atoms with van der Waals surface area (Å²) in [7, 11) is 2.17. The molecule has 0 radical (unpaired) electrons. The van der Waals surface area contributed by atoms with Crippen LogP contribution in [0.1, 0.15) is 30.9 Å². The van der Waals surface area contributed by atoms with Crippen LogP contribution >= 0.6 is 0 Å². The van der Waals surface area contributed by atoms with Crippen LogP contribution in [0.3, 0.4) is 0 Å². The monoisotopic (exact) mass is 406 g/mol. The fraction of sp³-hybridized carbons (Fsp3) is 0.375. The molecular weight excluding hydrogens is 376 g/mol. The van der Waals surface area contributed by atoms with Gasteiger partial charge >= 0.3 is 0 Å². The van der Waals surface area contributed by atoms with E-state index in [4.69, 9.17) is 0 Å². The number of benzene rings is 2. The van der Waals surface area contributed by atoms with Crippen LogP contribution in [0.15, 0.2) is 48.8 Å². The van der Waals surface area contributed by atoms with Gasteiger partial charge in [-0.1, -0.05) is 26.0 Å². The third-order valence-electron chi connectivity index (χ3n) is 5.87. The number of aromatic nitrogens is 2. The van der Waals surface area contributed by atoms with E-state index in [9.17, 15) is 10.2 Å². The van der Waals surface area contributed by atoms with Gasteiger partial charge in [0.05, 0.1) is 5.56 Å². The first-order chi connectivity index (χ1) is 14.4. The number of hydrogen-bond donors (Lipinski definition) is 2. The molecule has 0 atom stereocenters. The lowest BCUT2D eigenvalue weighted by Gasteiger charge is -2.32. The molecule has 30 heavy (non-hydrogen) atoms. The molecule has 0 aliphatic carbocycles. The predicted molar refractivity (Wildman–Crippen MR) is 119 cm³/mol. The van der Waals surface area contributed by atoms with Crippen molar-refractivity contribution < 1.29 is 10.2 Å². The van der Waals surface area contributed by atoms with Gasteiger partial charge in [-0.15, -0.1) is 0 Å². The van der Waals surface area contributed by atoms with Gasteiger partial charge in [-0.2, -0.15) is 0 Å². The van der Waals surface area contributed by atoms with Crippen molar-refractivity contribution in [2.24, 2.45) is 0 Å². The highest BCUT2D eigenvalue weighted by atomic mass is 16.3. The number of rotatable bonds is 5. The van der Waals surface area contributed by atoms with Crippen molar-refractivity contribution in [2.75, 3.05) is 33.2 Å². The summed E-state index contributed by atoms with van der Waals surface area (Å²) < 4.78 is 1.97. The highest BCUT2D eigenvalue weighted by Crippen LogP contribution is 2.37. The summed E-state index contributed by atoms with van der Waals surface area (Å²) in [6.07, 6.45) is 3.63. The smallest absolute Gasteiger partial charge is 0.148 e. The average molecular weight is 407 g/mol. The van der Waals surface area contributed by atoms with Crippen molar-refractivity contribution in [3.8, 4) is 28.6 Å². The molecule has 0 amide bonds. The Hall–Kier alpha value is -2.83. The van der Waals surface area contributed by atoms with Crippen LogP contribution in [0.25, 0.3) is 17.1 Å². The second-order valence-corrected chi connectivity index (χ2v) is 8.45. The summed E-state index contributed by atoms with van der Waals surface area (Å²) in [5, 5.41) is 20.6. The Morgan fingerprint density at radius 1 is 0.967 bits per heavy atom. The summed E-state index contributed by atoms with van der Waals surface area (Å²) >= 11 is 0. The first-order valence-corrected chi connectivity index (χ1v) is 10.5. The normalized spacial score (nSPS) is 15.7. The van der Waals surface area contributed by atoms with Crippen molar-refractivity contribution >= 4 is 0 Å². The molecule has 2 aromatic carbocycles. The van der Waals surface area contributed by atoms with E-state index in [1.165, 1.54) is 11.6 Å². The van der Waals surface area contributed by atoms with Crippen molar-refractivity contribution in [1.82, 2.24) is 19.4 Å². The number of aromatic hydroxyl groups is 2. The Morgan fingerprint density at radius 3 is 2.33 bits per heavy atom. The highest BCUT2D eigenvalue weighted by Gasteiger charge is 2.18. The lowest BCUT2D eigenvalue weighted by atomic mass is 9.98. The van der Waals surface area contributed by atoms with Gasteiger partial charge in [-0.25, -0.2) is 4.98 Å². The summed E-state index contributed by atoms with van der Waals surface area (Å²) in [4.78, 5) is 9.34. The lowest BCUT2D eigenvalue weighted by Crippen LogP contribution is -2.43. The lowest BCUT2D eigenvalue weighted by molar-refractivity contribution is 0.148. The topological polar surface area (TPSA) is 64.8 Å². The Labute approximate surface area is 178 Å². The third-order valence-corrected chi connectivity index (χ3v) is 5.87. The van der Waals surface area contributed by atoms with E-state index >= 15 is 0 Å². The number of nitrogens with zero attached hydrogens (tertiary/aromatic N) is 4. The van der Waals surface area contributed by atoms with Crippen molar-refractivity contribution in [3.05, 3.63) is 59.9 Å². The number of imidazole rings is 1.